The summed E-state index contributed by atoms with van der Waals surface area (Å²) in [6, 6.07) is 5.73. The molecule has 1 aromatic rings. The largest absolute Gasteiger partial charge is 0.354 e. The average Bonchev–Trinajstić information content (AvgIpc) is 2.38. The van der Waals surface area contributed by atoms with Crippen molar-refractivity contribution in [1.29, 1.82) is 0 Å². The Morgan fingerprint density at radius 3 is 2.74 bits per heavy atom. The quantitative estimate of drug-likeness (QED) is 0.724. The van der Waals surface area contributed by atoms with E-state index in [1.165, 1.54) is 6.07 Å². The minimum Gasteiger partial charge on any atom is -0.354 e. The molecule has 0 bridgehead atoms. The number of hydrogen-bond acceptors (Lipinski definition) is 2. The van der Waals surface area contributed by atoms with Crippen LogP contribution < -0.4 is 16.0 Å². The van der Waals surface area contributed by atoms with Gasteiger partial charge in [0.15, 0.2) is 5.11 Å². The number of anilines is 1. The molecule has 3 N–H and O–H groups in total. The van der Waals surface area contributed by atoms with Gasteiger partial charge in [-0.25, -0.2) is 4.39 Å². The minimum atomic E-state index is -0.474. The lowest BCUT2D eigenvalue weighted by molar-refractivity contribution is -0.122. The first-order valence-electron chi connectivity index (χ1n) is 6.14. The molecule has 0 saturated heterocycles. The molecule has 0 saturated carbocycles. The van der Waals surface area contributed by atoms with Gasteiger partial charge in [-0.3, -0.25) is 4.79 Å². The van der Waals surface area contributed by atoms with Gasteiger partial charge in [0, 0.05) is 6.54 Å². The molecule has 1 rings (SSSR count). The predicted octanol–water partition coefficient (Wildman–Crippen LogP) is 2.03. The van der Waals surface area contributed by atoms with Crippen LogP contribution in [0.15, 0.2) is 24.3 Å². The molecule has 0 aromatic heterocycles. The fourth-order valence-electron chi connectivity index (χ4n) is 1.38. The van der Waals surface area contributed by atoms with Crippen molar-refractivity contribution in [2.45, 2.75) is 26.3 Å². The number of amides is 1. The van der Waals surface area contributed by atoms with Gasteiger partial charge in [0.05, 0.1) is 5.69 Å². The van der Waals surface area contributed by atoms with Gasteiger partial charge in [-0.1, -0.05) is 19.1 Å². The maximum absolute atomic E-state index is 13.4. The smallest absolute Gasteiger partial charge is 0.242 e. The summed E-state index contributed by atoms with van der Waals surface area (Å²) in [6.45, 7) is 4.29. The van der Waals surface area contributed by atoms with Crippen molar-refractivity contribution in [3.05, 3.63) is 30.1 Å². The highest BCUT2D eigenvalue weighted by Crippen LogP contribution is 2.11. The van der Waals surface area contributed by atoms with Crippen molar-refractivity contribution in [2.24, 2.45) is 0 Å². The monoisotopic (exact) mass is 283 g/mol. The third-order valence-corrected chi connectivity index (χ3v) is 2.63. The Labute approximate surface area is 117 Å². The van der Waals surface area contributed by atoms with Crippen LogP contribution in [0.1, 0.15) is 20.3 Å². The highest BCUT2D eigenvalue weighted by atomic mass is 32.1. The summed E-state index contributed by atoms with van der Waals surface area (Å²) in [7, 11) is 0. The molecule has 0 unspecified atom stereocenters. The van der Waals surface area contributed by atoms with Crippen LogP contribution in [0.5, 0.6) is 0 Å². The van der Waals surface area contributed by atoms with Crippen molar-refractivity contribution in [3.8, 4) is 0 Å². The second-order valence-electron chi connectivity index (χ2n) is 4.09. The highest BCUT2D eigenvalue weighted by molar-refractivity contribution is 7.80. The van der Waals surface area contributed by atoms with Gasteiger partial charge >= 0.3 is 0 Å². The SMILES string of the molecule is CCCNC(=O)[C@H](C)NC(=S)Nc1ccccc1F. The summed E-state index contributed by atoms with van der Waals surface area (Å²) in [5, 5.41) is 8.49. The van der Waals surface area contributed by atoms with Crippen LogP contribution in [-0.2, 0) is 4.79 Å². The van der Waals surface area contributed by atoms with E-state index in [2.05, 4.69) is 16.0 Å². The van der Waals surface area contributed by atoms with Crippen LogP contribution in [0, 0.1) is 5.82 Å². The van der Waals surface area contributed by atoms with E-state index < -0.39 is 11.9 Å². The minimum absolute atomic E-state index is 0.139. The van der Waals surface area contributed by atoms with E-state index in [9.17, 15) is 9.18 Å². The normalized spacial score (nSPS) is 11.5. The van der Waals surface area contributed by atoms with Crippen LogP contribution >= 0.6 is 12.2 Å². The topological polar surface area (TPSA) is 53.2 Å². The fraction of sp³-hybridized carbons (Fsp3) is 0.385. The third kappa shape index (κ3) is 5.21. The molecular weight excluding hydrogens is 265 g/mol. The van der Waals surface area contributed by atoms with Crippen LogP contribution in [-0.4, -0.2) is 23.6 Å². The number of halogens is 1. The number of thiocarbonyl (C=S) groups is 1. The van der Waals surface area contributed by atoms with Gasteiger partial charge in [-0.05, 0) is 37.7 Å². The van der Waals surface area contributed by atoms with E-state index in [1.807, 2.05) is 6.92 Å². The molecule has 0 spiro atoms. The second kappa shape index (κ2) is 7.68. The van der Waals surface area contributed by atoms with Gasteiger partial charge < -0.3 is 16.0 Å². The molecule has 0 aliphatic heterocycles. The number of hydrogen-bond donors (Lipinski definition) is 3. The van der Waals surface area contributed by atoms with E-state index in [1.54, 1.807) is 25.1 Å². The molecule has 0 fully saturated rings. The van der Waals surface area contributed by atoms with E-state index in [-0.39, 0.29) is 16.7 Å². The first-order valence-corrected chi connectivity index (χ1v) is 6.55. The fourth-order valence-corrected chi connectivity index (χ4v) is 1.67. The summed E-state index contributed by atoms with van der Waals surface area (Å²) in [5.74, 6) is -0.533. The number of rotatable bonds is 5. The van der Waals surface area contributed by atoms with E-state index in [0.29, 0.717) is 6.54 Å². The first-order chi connectivity index (χ1) is 9.04. The Balaban J connectivity index is 2.47. The Hall–Kier alpha value is -1.69. The van der Waals surface area contributed by atoms with Crippen molar-refractivity contribution in [1.82, 2.24) is 10.6 Å². The maximum atomic E-state index is 13.4. The molecule has 6 heteroatoms. The molecule has 1 aromatic carbocycles. The zero-order valence-electron chi connectivity index (χ0n) is 11.0. The molecular formula is C13H18FN3OS. The van der Waals surface area contributed by atoms with Crippen molar-refractivity contribution >= 4 is 28.9 Å². The van der Waals surface area contributed by atoms with Gasteiger partial charge in [-0.15, -0.1) is 0 Å². The summed E-state index contributed by atoms with van der Waals surface area (Å²) in [5.41, 5.74) is 0.279. The predicted molar refractivity (Wildman–Crippen MR) is 78.5 cm³/mol. The van der Waals surface area contributed by atoms with Gasteiger partial charge in [0.2, 0.25) is 5.91 Å². The number of carbonyl (C=O) groups is 1. The van der Waals surface area contributed by atoms with E-state index in [0.717, 1.165) is 6.42 Å². The molecule has 104 valence electrons. The number of para-hydroxylation sites is 1. The number of carbonyl (C=O) groups excluding carboxylic acids is 1. The lowest BCUT2D eigenvalue weighted by Crippen LogP contribution is -2.46. The summed E-state index contributed by atoms with van der Waals surface area (Å²) in [6.07, 6.45) is 0.871. The van der Waals surface area contributed by atoms with Crippen molar-refractivity contribution < 1.29 is 9.18 Å². The zero-order chi connectivity index (χ0) is 14.3. The molecule has 19 heavy (non-hydrogen) atoms. The molecule has 0 radical (unpaired) electrons. The molecule has 0 aliphatic carbocycles. The maximum Gasteiger partial charge on any atom is 0.242 e. The lowest BCUT2D eigenvalue weighted by Gasteiger charge is -2.16. The number of benzene rings is 1. The van der Waals surface area contributed by atoms with Crippen LogP contribution in [0.3, 0.4) is 0 Å². The second-order valence-corrected chi connectivity index (χ2v) is 4.50. The van der Waals surface area contributed by atoms with E-state index in [4.69, 9.17) is 12.2 Å². The molecule has 4 nitrogen and oxygen atoms in total. The van der Waals surface area contributed by atoms with Gasteiger partial charge in [-0.2, -0.15) is 0 Å². The Morgan fingerprint density at radius 2 is 2.11 bits per heavy atom. The van der Waals surface area contributed by atoms with Crippen molar-refractivity contribution in [2.75, 3.05) is 11.9 Å². The van der Waals surface area contributed by atoms with Crippen molar-refractivity contribution in [3.63, 3.8) is 0 Å². The third-order valence-electron chi connectivity index (χ3n) is 2.41. The number of nitrogens with one attached hydrogen (secondary N) is 3. The van der Waals surface area contributed by atoms with E-state index >= 15 is 0 Å². The summed E-state index contributed by atoms with van der Waals surface area (Å²) >= 11 is 5.03. The Morgan fingerprint density at radius 1 is 1.42 bits per heavy atom. The zero-order valence-corrected chi connectivity index (χ0v) is 11.8. The average molecular weight is 283 g/mol. The highest BCUT2D eigenvalue weighted by Gasteiger charge is 2.13. The Kier molecular flexibility index (Phi) is 6.21. The van der Waals surface area contributed by atoms with Crippen LogP contribution in [0.4, 0.5) is 10.1 Å². The standard InChI is InChI=1S/C13H18FN3OS/c1-3-8-15-12(18)9(2)16-13(19)17-11-7-5-4-6-10(11)14/h4-7,9H,3,8H2,1-2H3,(H,15,18)(H2,16,17,19)/t9-/m0/s1. The lowest BCUT2D eigenvalue weighted by atomic mass is 10.3. The van der Waals surface area contributed by atoms with Crippen LogP contribution in [0.2, 0.25) is 0 Å². The van der Waals surface area contributed by atoms with Gasteiger partial charge in [0.25, 0.3) is 0 Å². The molecule has 0 heterocycles. The summed E-state index contributed by atoms with van der Waals surface area (Å²) < 4.78 is 13.4. The van der Waals surface area contributed by atoms with Crippen LogP contribution in [0.25, 0.3) is 0 Å². The molecule has 0 aliphatic rings. The van der Waals surface area contributed by atoms with Gasteiger partial charge in [0.1, 0.15) is 11.9 Å². The summed E-state index contributed by atoms with van der Waals surface area (Å²) in [4.78, 5) is 11.6. The molecule has 1 amide bonds. The Bertz CT molecular complexity index is 453. The molecule has 1 atom stereocenters. The first kappa shape index (κ1) is 15.4.